The molecular weight excluding hydrogens is 258 g/mol. The third-order valence-corrected chi connectivity index (χ3v) is 3.14. The second kappa shape index (κ2) is 8.11. The van der Waals surface area contributed by atoms with Gasteiger partial charge in [0.15, 0.2) is 0 Å². The summed E-state index contributed by atoms with van der Waals surface area (Å²) in [7, 11) is 0. The summed E-state index contributed by atoms with van der Waals surface area (Å²) in [6.07, 6.45) is 6.30. The van der Waals surface area contributed by atoms with Crippen LogP contribution in [0.3, 0.4) is 0 Å². The molecule has 0 radical (unpaired) electrons. The second-order valence-electron chi connectivity index (χ2n) is 3.90. The van der Waals surface area contributed by atoms with Crippen molar-refractivity contribution >= 4 is 21.8 Å². The first-order chi connectivity index (χ1) is 7.34. The largest absolute Gasteiger partial charge is 0.368 e. The van der Waals surface area contributed by atoms with Crippen molar-refractivity contribution in [2.24, 2.45) is 0 Å². The Morgan fingerprint density at radius 1 is 1.33 bits per heavy atom. The summed E-state index contributed by atoms with van der Waals surface area (Å²) < 4.78 is 5.40. The molecule has 0 aliphatic carbocycles. The molecule has 88 valence electrons. The molecule has 1 aliphatic rings. The van der Waals surface area contributed by atoms with Crippen LogP contribution in [0.25, 0.3) is 0 Å². The van der Waals surface area contributed by atoms with Gasteiger partial charge < -0.3 is 10.1 Å². The Labute approximate surface area is 100 Å². The molecule has 1 fully saturated rings. The fourth-order valence-corrected chi connectivity index (χ4v) is 2.07. The van der Waals surface area contributed by atoms with E-state index in [2.05, 4.69) is 21.2 Å². The van der Waals surface area contributed by atoms with Crippen LogP contribution in [0, 0.1) is 0 Å². The maximum Gasteiger partial charge on any atom is 0.249 e. The Bertz CT molecular complexity index is 181. The summed E-state index contributed by atoms with van der Waals surface area (Å²) >= 11 is 3.39. The van der Waals surface area contributed by atoms with Gasteiger partial charge in [0.1, 0.15) is 6.10 Å². The molecule has 0 aromatic rings. The number of ether oxygens (including phenoxy) is 1. The second-order valence-corrected chi connectivity index (χ2v) is 4.69. The Balaban J connectivity index is 2.02. The first-order valence-corrected chi connectivity index (χ1v) is 6.92. The van der Waals surface area contributed by atoms with Gasteiger partial charge in [-0.1, -0.05) is 22.4 Å². The number of amides is 1. The molecule has 15 heavy (non-hydrogen) atoms. The molecule has 0 aromatic carbocycles. The maximum absolute atomic E-state index is 11.6. The van der Waals surface area contributed by atoms with Crippen LogP contribution in [-0.4, -0.2) is 30.5 Å². The van der Waals surface area contributed by atoms with E-state index in [0.29, 0.717) is 0 Å². The summed E-state index contributed by atoms with van der Waals surface area (Å²) in [5, 5.41) is 3.98. The molecular formula is C11H20BrNO2. The van der Waals surface area contributed by atoms with E-state index < -0.39 is 0 Å². The number of rotatable bonds is 6. The van der Waals surface area contributed by atoms with Gasteiger partial charge in [0, 0.05) is 18.5 Å². The topological polar surface area (TPSA) is 38.3 Å². The monoisotopic (exact) mass is 277 g/mol. The molecule has 3 nitrogen and oxygen atoms in total. The lowest BCUT2D eigenvalue weighted by molar-refractivity contribution is -0.135. The minimum Gasteiger partial charge on any atom is -0.368 e. The predicted molar refractivity (Wildman–Crippen MR) is 64.2 cm³/mol. The number of carbonyl (C=O) groups is 1. The molecule has 1 unspecified atom stereocenters. The van der Waals surface area contributed by atoms with Gasteiger partial charge in [-0.2, -0.15) is 0 Å². The first kappa shape index (κ1) is 13.0. The van der Waals surface area contributed by atoms with Gasteiger partial charge in [-0.05, 0) is 32.1 Å². The van der Waals surface area contributed by atoms with Gasteiger partial charge in [0.25, 0.3) is 0 Å². The molecule has 0 spiro atoms. The lowest BCUT2D eigenvalue weighted by atomic mass is 10.1. The van der Waals surface area contributed by atoms with E-state index in [1.165, 1.54) is 6.42 Å². The van der Waals surface area contributed by atoms with Crippen LogP contribution in [-0.2, 0) is 9.53 Å². The molecule has 1 amide bonds. The van der Waals surface area contributed by atoms with Crippen molar-refractivity contribution < 1.29 is 9.53 Å². The van der Waals surface area contributed by atoms with E-state index in [1.807, 2.05) is 0 Å². The fourth-order valence-electron chi connectivity index (χ4n) is 1.67. The highest BCUT2D eigenvalue weighted by molar-refractivity contribution is 9.09. The van der Waals surface area contributed by atoms with Crippen molar-refractivity contribution in [2.45, 2.75) is 44.6 Å². The Hall–Kier alpha value is -0.0900. The van der Waals surface area contributed by atoms with Crippen LogP contribution in [0.15, 0.2) is 0 Å². The quantitative estimate of drug-likeness (QED) is 0.597. The van der Waals surface area contributed by atoms with Crippen LogP contribution in [0.5, 0.6) is 0 Å². The highest BCUT2D eigenvalue weighted by Crippen LogP contribution is 2.12. The van der Waals surface area contributed by atoms with Crippen molar-refractivity contribution in [3.63, 3.8) is 0 Å². The summed E-state index contributed by atoms with van der Waals surface area (Å²) in [4.78, 5) is 11.6. The van der Waals surface area contributed by atoms with Crippen molar-refractivity contribution in [1.82, 2.24) is 5.32 Å². The van der Waals surface area contributed by atoms with E-state index in [9.17, 15) is 4.79 Å². The van der Waals surface area contributed by atoms with Crippen LogP contribution in [0.1, 0.15) is 38.5 Å². The van der Waals surface area contributed by atoms with Gasteiger partial charge in [-0.15, -0.1) is 0 Å². The third-order valence-electron chi connectivity index (χ3n) is 2.58. The molecule has 1 atom stereocenters. The summed E-state index contributed by atoms with van der Waals surface area (Å²) in [5.74, 6) is 0.0774. The van der Waals surface area contributed by atoms with E-state index in [0.717, 1.165) is 50.6 Å². The molecule has 1 saturated heterocycles. The van der Waals surface area contributed by atoms with Gasteiger partial charge in [-0.25, -0.2) is 0 Å². The summed E-state index contributed by atoms with van der Waals surface area (Å²) in [6, 6.07) is 0. The van der Waals surface area contributed by atoms with Gasteiger partial charge in [0.05, 0.1) is 0 Å². The Morgan fingerprint density at radius 2 is 2.20 bits per heavy atom. The minimum atomic E-state index is -0.185. The normalized spacial score (nSPS) is 21.3. The average molecular weight is 278 g/mol. The lowest BCUT2D eigenvalue weighted by Crippen LogP contribution is -2.38. The summed E-state index contributed by atoms with van der Waals surface area (Å²) in [6.45, 7) is 1.52. The number of nitrogens with one attached hydrogen (secondary N) is 1. The molecule has 1 aliphatic heterocycles. The van der Waals surface area contributed by atoms with Crippen molar-refractivity contribution in [1.29, 1.82) is 0 Å². The van der Waals surface area contributed by atoms with Gasteiger partial charge in [-0.3, -0.25) is 4.79 Å². The number of halogens is 1. The van der Waals surface area contributed by atoms with Crippen molar-refractivity contribution in [3.8, 4) is 0 Å². The minimum absolute atomic E-state index is 0.0774. The smallest absolute Gasteiger partial charge is 0.249 e. The number of alkyl halides is 1. The molecule has 1 heterocycles. The van der Waals surface area contributed by atoms with Crippen LogP contribution in [0.4, 0.5) is 0 Å². The molecule has 1 N–H and O–H groups in total. The third kappa shape index (κ3) is 5.52. The Morgan fingerprint density at radius 3 is 2.87 bits per heavy atom. The average Bonchev–Trinajstić information content (AvgIpc) is 2.30. The molecule has 0 aromatic heterocycles. The predicted octanol–water partition coefficient (Wildman–Crippen LogP) is 2.24. The van der Waals surface area contributed by atoms with Crippen LogP contribution >= 0.6 is 15.9 Å². The maximum atomic E-state index is 11.6. The molecule has 0 saturated carbocycles. The van der Waals surface area contributed by atoms with Crippen molar-refractivity contribution in [2.75, 3.05) is 18.5 Å². The molecule has 1 rings (SSSR count). The zero-order chi connectivity index (χ0) is 10.9. The van der Waals surface area contributed by atoms with Crippen molar-refractivity contribution in [3.05, 3.63) is 0 Å². The van der Waals surface area contributed by atoms with Gasteiger partial charge >= 0.3 is 0 Å². The molecule has 0 bridgehead atoms. The zero-order valence-corrected chi connectivity index (χ0v) is 10.7. The Kier molecular flexibility index (Phi) is 7.01. The standard InChI is InChI=1S/C11H20BrNO2/c12-7-3-1-4-8-13-11(14)10-6-2-5-9-15-10/h10H,1-9H2,(H,13,14). The fraction of sp³-hybridized carbons (Fsp3) is 0.909. The van der Waals surface area contributed by atoms with E-state index in [-0.39, 0.29) is 12.0 Å². The highest BCUT2D eigenvalue weighted by atomic mass is 79.9. The molecule has 4 heteroatoms. The first-order valence-electron chi connectivity index (χ1n) is 5.80. The van der Waals surface area contributed by atoms with Crippen LogP contribution in [0.2, 0.25) is 0 Å². The van der Waals surface area contributed by atoms with E-state index in [1.54, 1.807) is 0 Å². The van der Waals surface area contributed by atoms with E-state index >= 15 is 0 Å². The van der Waals surface area contributed by atoms with E-state index in [4.69, 9.17) is 4.74 Å². The zero-order valence-electron chi connectivity index (χ0n) is 9.14. The number of carbonyl (C=O) groups excluding carboxylic acids is 1. The number of unbranched alkanes of at least 4 members (excludes halogenated alkanes) is 2. The highest BCUT2D eigenvalue weighted by Gasteiger charge is 2.20. The lowest BCUT2D eigenvalue weighted by Gasteiger charge is -2.21. The SMILES string of the molecule is O=C(NCCCCCBr)C1CCCCO1. The number of hydrogen-bond acceptors (Lipinski definition) is 2. The van der Waals surface area contributed by atoms with Crippen LogP contribution < -0.4 is 5.32 Å². The number of hydrogen-bond donors (Lipinski definition) is 1. The van der Waals surface area contributed by atoms with Gasteiger partial charge in [0.2, 0.25) is 5.91 Å². The summed E-state index contributed by atoms with van der Waals surface area (Å²) in [5.41, 5.74) is 0.